The van der Waals surface area contributed by atoms with E-state index in [0.29, 0.717) is 6.42 Å². The number of nitrogens with one attached hydrogen (secondary N) is 2. The Labute approximate surface area is 127 Å². The van der Waals surface area contributed by atoms with Crippen LogP contribution in [0.2, 0.25) is 0 Å². The molecule has 0 saturated carbocycles. The van der Waals surface area contributed by atoms with Crippen molar-refractivity contribution in [2.45, 2.75) is 52.4 Å². The van der Waals surface area contributed by atoms with E-state index in [0.717, 1.165) is 41.5 Å². The molecule has 4 heteroatoms. The van der Waals surface area contributed by atoms with Crippen LogP contribution in [0, 0.1) is 5.92 Å². The topological polar surface area (TPSA) is 67.1 Å². The van der Waals surface area contributed by atoms with Crippen molar-refractivity contribution in [2.24, 2.45) is 5.92 Å². The van der Waals surface area contributed by atoms with Gasteiger partial charge in [0.25, 0.3) is 0 Å². The van der Waals surface area contributed by atoms with Gasteiger partial charge in [0.05, 0.1) is 17.8 Å². The summed E-state index contributed by atoms with van der Waals surface area (Å²) in [5.74, 6) is 0.858. The Morgan fingerprint density at radius 2 is 2.00 bits per heavy atom. The van der Waals surface area contributed by atoms with Crippen LogP contribution < -0.4 is 16.4 Å². The molecule has 1 aliphatic rings. The predicted molar refractivity (Wildman–Crippen MR) is 89.6 cm³/mol. The quantitative estimate of drug-likeness (QED) is 0.504. The number of hydrogen-bond donors (Lipinski definition) is 3. The van der Waals surface area contributed by atoms with E-state index >= 15 is 0 Å². The van der Waals surface area contributed by atoms with Gasteiger partial charge in [-0.3, -0.25) is 4.79 Å². The number of hydrogen-bond acceptors (Lipinski definition) is 3. The summed E-state index contributed by atoms with van der Waals surface area (Å²) in [4.78, 5) is 11.4. The first-order valence-corrected chi connectivity index (χ1v) is 8.02. The number of carbonyl (C=O) groups excluding carboxylic acids is 1. The smallest absolute Gasteiger partial charge is 0.228 e. The molecule has 0 atom stereocenters. The third-order valence-corrected chi connectivity index (χ3v) is 3.92. The maximum Gasteiger partial charge on any atom is 0.228 e. The monoisotopic (exact) mass is 289 g/mol. The molecule has 21 heavy (non-hydrogen) atoms. The van der Waals surface area contributed by atoms with E-state index in [-0.39, 0.29) is 5.91 Å². The first-order chi connectivity index (χ1) is 10.1. The predicted octanol–water partition coefficient (Wildman–Crippen LogP) is 3.78. The lowest BCUT2D eigenvalue weighted by Crippen LogP contribution is -2.05. The number of nitrogen functional groups attached to an aromatic ring is 1. The molecular weight excluding hydrogens is 262 g/mol. The summed E-state index contributed by atoms with van der Waals surface area (Å²) in [6.45, 7) is 5.48. The van der Waals surface area contributed by atoms with Gasteiger partial charge in [-0.05, 0) is 30.0 Å². The fourth-order valence-electron chi connectivity index (χ4n) is 2.70. The van der Waals surface area contributed by atoms with E-state index in [1.54, 1.807) is 0 Å². The van der Waals surface area contributed by atoms with E-state index < -0.39 is 0 Å². The molecule has 4 N–H and O–H groups in total. The minimum Gasteiger partial charge on any atom is -0.397 e. The summed E-state index contributed by atoms with van der Waals surface area (Å²) in [5, 5.41) is 6.24. The van der Waals surface area contributed by atoms with Gasteiger partial charge < -0.3 is 16.4 Å². The van der Waals surface area contributed by atoms with E-state index in [1.165, 1.54) is 25.7 Å². The molecule has 0 bridgehead atoms. The first kappa shape index (κ1) is 15.7. The van der Waals surface area contributed by atoms with Gasteiger partial charge in [0.1, 0.15) is 0 Å². The van der Waals surface area contributed by atoms with Crippen LogP contribution in [-0.2, 0) is 11.2 Å². The SMILES string of the molecule is CC(C)CCCCCCNc1cc2c(cc1N)CC(=O)N2. The number of carbonyl (C=O) groups is 1. The van der Waals surface area contributed by atoms with Gasteiger partial charge in [-0.1, -0.05) is 39.5 Å². The van der Waals surface area contributed by atoms with Gasteiger partial charge in [0.15, 0.2) is 0 Å². The van der Waals surface area contributed by atoms with Crippen molar-refractivity contribution in [2.75, 3.05) is 22.9 Å². The van der Waals surface area contributed by atoms with E-state index in [2.05, 4.69) is 24.5 Å². The van der Waals surface area contributed by atoms with Gasteiger partial charge in [-0.2, -0.15) is 0 Å². The minimum absolute atomic E-state index is 0.0479. The van der Waals surface area contributed by atoms with Crippen LogP contribution in [0.4, 0.5) is 17.1 Å². The maximum atomic E-state index is 11.4. The highest BCUT2D eigenvalue weighted by molar-refractivity contribution is 6.00. The molecule has 1 aromatic carbocycles. The number of rotatable bonds is 8. The zero-order chi connectivity index (χ0) is 15.2. The Morgan fingerprint density at radius 1 is 1.24 bits per heavy atom. The summed E-state index contributed by atoms with van der Waals surface area (Å²) >= 11 is 0. The number of unbranched alkanes of at least 4 members (excludes halogenated alkanes) is 3. The number of amides is 1. The Morgan fingerprint density at radius 3 is 2.76 bits per heavy atom. The van der Waals surface area contributed by atoms with Crippen molar-refractivity contribution in [3.8, 4) is 0 Å². The van der Waals surface area contributed by atoms with Crippen LogP contribution in [0.15, 0.2) is 12.1 Å². The molecule has 4 nitrogen and oxygen atoms in total. The lowest BCUT2D eigenvalue weighted by atomic mass is 10.0. The fourth-order valence-corrected chi connectivity index (χ4v) is 2.70. The highest BCUT2D eigenvalue weighted by atomic mass is 16.1. The van der Waals surface area contributed by atoms with Gasteiger partial charge in [0.2, 0.25) is 5.91 Å². The molecule has 1 heterocycles. The maximum absolute atomic E-state index is 11.4. The largest absolute Gasteiger partial charge is 0.397 e. The van der Waals surface area contributed by atoms with Crippen molar-refractivity contribution in [1.29, 1.82) is 0 Å². The Bertz CT molecular complexity index is 497. The van der Waals surface area contributed by atoms with Crippen molar-refractivity contribution >= 4 is 23.0 Å². The Hall–Kier alpha value is -1.71. The van der Waals surface area contributed by atoms with Gasteiger partial charge in [-0.25, -0.2) is 0 Å². The van der Waals surface area contributed by atoms with Crippen molar-refractivity contribution < 1.29 is 4.79 Å². The normalized spacial score (nSPS) is 13.4. The summed E-state index contributed by atoms with van der Waals surface area (Å²) in [5.41, 5.74) is 9.58. The van der Waals surface area contributed by atoms with Crippen LogP contribution >= 0.6 is 0 Å². The van der Waals surface area contributed by atoms with Gasteiger partial charge in [0, 0.05) is 12.2 Å². The van der Waals surface area contributed by atoms with E-state index in [9.17, 15) is 4.79 Å². The lowest BCUT2D eigenvalue weighted by Gasteiger charge is -2.11. The molecule has 0 saturated heterocycles. The molecule has 1 amide bonds. The molecule has 0 radical (unpaired) electrons. The number of benzene rings is 1. The molecule has 0 fully saturated rings. The van der Waals surface area contributed by atoms with Gasteiger partial charge in [-0.15, -0.1) is 0 Å². The lowest BCUT2D eigenvalue weighted by molar-refractivity contribution is -0.115. The second-order valence-corrected chi connectivity index (χ2v) is 6.35. The molecule has 0 aliphatic carbocycles. The molecule has 2 rings (SSSR count). The average Bonchev–Trinajstić information content (AvgIpc) is 2.76. The standard InChI is InChI=1S/C17H27N3O/c1-12(2)7-5-3-4-6-8-19-16-11-15-13(9-14(16)18)10-17(21)20-15/h9,11-12,19H,3-8,10,18H2,1-2H3,(H,20,21). The number of anilines is 3. The third-order valence-electron chi connectivity index (χ3n) is 3.92. The Kier molecular flexibility index (Phi) is 5.48. The van der Waals surface area contributed by atoms with Crippen molar-refractivity contribution in [1.82, 2.24) is 0 Å². The summed E-state index contributed by atoms with van der Waals surface area (Å²) in [6.07, 6.45) is 6.79. The van der Waals surface area contributed by atoms with E-state index in [4.69, 9.17) is 5.73 Å². The Balaban J connectivity index is 1.72. The van der Waals surface area contributed by atoms with Crippen LogP contribution in [0.3, 0.4) is 0 Å². The zero-order valence-corrected chi connectivity index (χ0v) is 13.2. The van der Waals surface area contributed by atoms with Crippen LogP contribution in [0.5, 0.6) is 0 Å². The van der Waals surface area contributed by atoms with Crippen LogP contribution in [0.1, 0.15) is 51.5 Å². The van der Waals surface area contributed by atoms with Crippen molar-refractivity contribution in [3.63, 3.8) is 0 Å². The second kappa shape index (κ2) is 7.34. The second-order valence-electron chi connectivity index (χ2n) is 6.35. The molecule has 116 valence electrons. The molecule has 0 spiro atoms. The summed E-state index contributed by atoms with van der Waals surface area (Å²) in [6, 6.07) is 3.85. The summed E-state index contributed by atoms with van der Waals surface area (Å²) in [7, 11) is 0. The third kappa shape index (κ3) is 4.66. The highest BCUT2D eigenvalue weighted by Crippen LogP contribution is 2.31. The minimum atomic E-state index is 0.0479. The van der Waals surface area contributed by atoms with Crippen LogP contribution in [-0.4, -0.2) is 12.5 Å². The van der Waals surface area contributed by atoms with Crippen LogP contribution in [0.25, 0.3) is 0 Å². The van der Waals surface area contributed by atoms with E-state index in [1.807, 2.05) is 12.1 Å². The molecular formula is C17H27N3O. The van der Waals surface area contributed by atoms with Crippen molar-refractivity contribution in [3.05, 3.63) is 17.7 Å². The molecule has 0 unspecified atom stereocenters. The zero-order valence-electron chi connectivity index (χ0n) is 13.2. The van der Waals surface area contributed by atoms with Gasteiger partial charge >= 0.3 is 0 Å². The summed E-state index contributed by atoms with van der Waals surface area (Å²) < 4.78 is 0. The number of nitrogens with two attached hydrogens (primary N) is 1. The molecule has 1 aromatic rings. The highest BCUT2D eigenvalue weighted by Gasteiger charge is 2.19. The number of fused-ring (bicyclic) bond motifs is 1. The molecule has 1 aliphatic heterocycles. The first-order valence-electron chi connectivity index (χ1n) is 8.02. The fraction of sp³-hybridized carbons (Fsp3) is 0.588. The molecule has 0 aromatic heterocycles. The average molecular weight is 289 g/mol.